The maximum atomic E-state index is 12.1. The summed E-state index contributed by atoms with van der Waals surface area (Å²) in [5, 5.41) is 6.07. The van der Waals surface area contributed by atoms with Crippen molar-refractivity contribution in [1.82, 2.24) is 5.32 Å². The van der Waals surface area contributed by atoms with Gasteiger partial charge in [-0.05, 0) is 49.2 Å². The Morgan fingerprint density at radius 3 is 2.55 bits per heavy atom. The van der Waals surface area contributed by atoms with Crippen LogP contribution < -0.4 is 10.6 Å². The number of aryl methyl sites for hydroxylation is 2. The van der Waals surface area contributed by atoms with Gasteiger partial charge in [-0.3, -0.25) is 4.79 Å². The number of carbonyl (C=O) groups is 1. The Balaban J connectivity index is 1.99. The molecule has 0 saturated carbocycles. The van der Waals surface area contributed by atoms with E-state index in [1.165, 1.54) is 9.75 Å². The summed E-state index contributed by atoms with van der Waals surface area (Å²) in [6.45, 7) is 4.73. The fourth-order valence-electron chi connectivity index (χ4n) is 2.06. The summed E-state index contributed by atoms with van der Waals surface area (Å²) < 4.78 is 0. The highest BCUT2D eigenvalue weighted by molar-refractivity contribution is 7.11. The summed E-state index contributed by atoms with van der Waals surface area (Å²) in [6.07, 6.45) is 1.04. The molecule has 2 aromatic rings. The summed E-state index contributed by atoms with van der Waals surface area (Å²) in [7, 11) is 1.88. The molecule has 1 heterocycles. The SMILES string of the molecule is CCc1ccc(CNC(=O)c2ccc(NC)c(C)c2)s1. The van der Waals surface area contributed by atoms with Crippen LogP contribution in [-0.2, 0) is 13.0 Å². The topological polar surface area (TPSA) is 41.1 Å². The van der Waals surface area contributed by atoms with E-state index >= 15 is 0 Å². The smallest absolute Gasteiger partial charge is 0.251 e. The number of anilines is 1. The van der Waals surface area contributed by atoms with Gasteiger partial charge in [-0.15, -0.1) is 11.3 Å². The molecule has 1 aromatic heterocycles. The van der Waals surface area contributed by atoms with Crippen molar-refractivity contribution in [3.8, 4) is 0 Å². The molecule has 2 N–H and O–H groups in total. The largest absolute Gasteiger partial charge is 0.388 e. The maximum Gasteiger partial charge on any atom is 0.251 e. The number of hydrogen-bond donors (Lipinski definition) is 2. The molecule has 2 rings (SSSR count). The van der Waals surface area contributed by atoms with Crippen molar-refractivity contribution < 1.29 is 4.79 Å². The minimum atomic E-state index is -0.0257. The zero-order valence-electron chi connectivity index (χ0n) is 12.1. The molecule has 0 fully saturated rings. The molecule has 0 radical (unpaired) electrons. The second-order valence-corrected chi connectivity index (χ2v) is 5.94. The highest BCUT2D eigenvalue weighted by Gasteiger charge is 2.08. The molecule has 0 aliphatic carbocycles. The average molecular weight is 288 g/mol. The summed E-state index contributed by atoms with van der Waals surface area (Å²) in [5.74, 6) is -0.0257. The predicted molar refractivity (Wildman–Crippen MR) is 85.6 cm³/mol. The van der Waals surface area contributed by atoms with Gasteiger partial charge in [0.05, 0.1) is 6.54 Å². The first-order valence-electron chi connectivity index (χ1n) is 6.78. The molecule has 3 nitrogen and oxygen atoms in total. The number of hydrogen-bond acceptors (Lipinski definition) is 3. The summed E-state index contributed by atoms with van der Waals surface area (Å²) in [6, 6.07) is 9.90. The Kier molecular flexibility index (Phi) is 4.79. The zero-order valence-corrected chi connectivity index (χ0v) is 12.9. The Morgan fingerprint density at radius 2 is 1.95 bits per heavy atom. The van der Waals surface area contributed by atoms with Crippen LogP contribution in [0.5, 0.6) is 0 Å². The monoisotopic (exact) mass is 288 g/mol. The van der Waals surface area contributed by atoms with Gasteiger partial charge in [0.15, 0.2) is 0 Å². The molecule has 4 heteroatoms. The van der Waals surface area contributed by atoms with Crippen molar-refractivity contribution in [2.45, 2.75) is 26.8 Å². The minimum absolute atomic E-state index is 0.0257. The van der Waals surface area contributed by atoms with Gasteiger partial charge in [0.1, 0.15) is 0 Å². The molecule has 0 saturated heterocycles. The Labute approximate surface area is 124 Å². The van der Waals surface area contributed by atoms with E-state index in [1.807, 2.05) is 32.2 Å². The van der Waals surface area contributed by atoms with Crippen molar-refractivity contribution in [1.29, 1.82) is 0 Å². The van der Waals surface area contributed by atoms with Crippen molar-refractivity contribution >= 4 is 22.9 Å². The lowest BCUT2D eigenvalue weighted by atomic mass is 10.1. The van der Waals surface area contributed by atoms with Crippen LogP contribution in [-0.4, -0.2) is 13.0 Å². The van der Waals surface area contributed by atoms with Crippen LogP contribution in [0.4, 0.5) is 5.69 Å². The van der Waals surface area contributed by atoms with E-state index in [2.05, 4.69) is 29.7 Å². The molecule has 1 aromatic carbocycles. The van der Waals surface area contributed by atoms with E-state index in [-0.39, 0.29) is 5.91 Å². The highest BCUT2D eigenvalue weighted by atomic mass is 32.1. The second kappa shape index (κ2) is 6.57. The van der Waals surface area contributed by atoms with Gasteiger partial charge >= 0.3 is 0 Å². The summed E-state index contributed by atoms with van der Waals surface area (Å²) in [4.78, 5) is 14.7. The van der Waals surface area contributed by atoms with E-state index < -0.39 is 0 Å². The maximum absolute atomic E-state index is 12.1. The third-order valence-electron chi connectivity index (χ3n) is 3.25. The van der Waals surface area contributed by atoms with Crippen molar-refractivity contribution in [2.24, 2.45) is 0 Å². The lowest BCUT2D eigenvalue weighted by Gasteiger charge is -2.08. The molecule has 1 amide bonds. The van der Waals surface area contributed by atoms with Crippen molar-refractivity contribution in [2.75, 3.05) is 12.4 Å². The fraction of sp³-hybridized carbons (Fsp3) is 0.312. The summed E-state index contributed by atoms with van der Waals surface area (Å²) in [5.41, 5.74) is 2.82. The first-order valence-corrected chi connectivity index (χ1v) is 7.60. The summed E-state index contributed by atoms with van der Waals surface area (Å²) >= 11 is 1.75. The van der Waals surface area contributed by atoms with Gasteiger partial charge in [0.2, 0.25) is 0 Å². The number of carbonyl (C=O) groups excluding carboxylic acids is 1. The van der Waals surface area contributed by atoms with Gasteiger partial charge in [0.25, 0.3) is 5.91 Å². The van der Waals surface area contributed by atoms with Gasteiger partial charge in [-0.25, -0.2) is 0 Å². The quantitative estimate of drug-likeness (QED) is 0.882. The zero-order chi connectivity index (χ0) is 14.5. The van der Waals surface area contributed by atoms with Crippen molar-refractivity contribution in [3.63, 3.8) is 0 Å². The number of nitrogens with one attached hydrogen (secondary N) is 2. The van der Waals surface area contributed by atoms with Gasteiger partial charge in [-0.2, -0.15) is 0 Å². The highest BCUT2D eigenvalue weighted by Crippen LogP contribution is 2.18. The number of amides is 1. The third kappa shape index (κ3) is 3.39. The molecule has 20 heavy (non-hydrogen) atoms. The van der Waals surface area contributed by atoms with Crippen LogP contribution >= 0.6 is 11.3 Å². The normalized spacial score (nSPS) is 10.3. The molecule has 106 valence electrons. The molecule has 0 aliphatic heterocycles. The van der Waals surface area contributed by atoms with Crippen LogP contribution in [0.15, 0.2) is 30.3 Å². The minimum Gasteiger partial charge on any atom is -0.388 e. The molecule has 0 spiro atoms. The Morgan fingerprint density at radius 1 is 1.20 bits per heavy atom. The van der Waals surface area contributed by atoms with E-state index in [0.717, 1.165) is 17.7 Å². The molecular weight excluding hydrogens is 268 g/mol. The Bertz CT molecular complexity index is 604. The number of benzene rings is 1. The van der Waals surface area contributed by atoms with Gasteiger partial charge in [-0.1, -0.05) is 6.92 Å². The van der Waals surface area contributed by atoms with Crippen LogP contribution in [0.1, 0.15) is 32.6 Å². The van der Waals surface area contributed by atoms with Crippen LogP contribution in [0.3, 0.4) is 0 Å². The molecule has 0 unspecified atom stereocenters. The van der Waals surface area contributed by atoms with Gasteiger partial charge in [0, 0.05) is 28.1 Å². The second-order valence-electron chi connectivity index (χ2n) is 4.68. The Hall–Kier alpha value is -1.81. The molecule has 0 bridgehead atoms. The molecule has 0 aliphatic rings. The first-order chi connectivity index (χ1) is 9.63. The van der Waals surface area contributed by atoms with Crippen LogP contribution in [0.2, 0.25) is 0 Å². The standard InChI is InChI=1S/C16H20N2OS/c1-4-13-6-7-14(20-13)10-18-16(19)12-5-8-15(17-3)11(2)9-12/h5-9,17H,4,10H2,1-3H3,(H,18,19). The van der Waals surface area contributed by atoms with Crippen molar-refractivity contribution in [3.05, 3.63) is 51.2 Å². The fourth-order valence-corrected chi connectivity index (χ4v) is 2.96. The van der Waals surface area contributed by atoms with E-state index in [9.17, 15) is 4.79 Å². The molecule has 0 atom stereocenters. The molecular formula is C16H20N2OS. The average Bonchev–Trinajstić information content (AvgIpc) is 2.92. The lowest BCUT2D eigenvalue weighted by Crippen LogP contribution is -2.22. The van der Waals surface area contributed by atoms with E-state index in [0.29, 0.717) is 12.1 Å². The first kappa shape index (κ1) is 14.6. The van der Waals surface area contributed by atoms with E-state index in [1.54, 1.807) is 11.3 Å². The number of thiophene rings is 1. The van der Waals surface area contributed by atoms with Crippen LogP contribution in [0, 0.1) is 6.92 Å². The van der Waals surface area contributed by atoms with Gasteiger partial charge < -0.3 is 10.6 Å². The van der Waals surface area contributed by atoms with Crippen LogP contribution in [0.25, 0.3) is 0 Å². The number of rotatable bonds is 5. The van der Waals surface area contributed by atoms with E-state index in [4.69, 9.17) is 0 Å². The third-order valence-corrected chi connectivity index (χ3v) is 4.48. The predicted octanol–water partition coefficient (Wildman–Crippen LogP) is 3.59. The lowest BCUT2D eigenvalue weighted by molar-refractivity contribution is 0.0951.